The Morgan fingerprint density at radius 2 is 1.55 bits per heavy atom. The Kier molecular flexibility index (Phi) is 5.69. The zero-order chi connectivity index (χ0) is 20.3. The first-order valence-corrected chi connectivity index (χ1v) is 11.8. The smallest absolute Gasteiger partial charge is 0.175 e. The van der Waals surface area contributed by atoms with E-state index in [1.54, 1.807) is 12.1 Å². The van der Waals surface area contributed by atoms with Gasteiger partial charge in [0.25, 0.3) is 0 Å². The predicted molar refractivity (Wildman–Crippen MR) is 118 cm³/mol. The predicted octanol–water partition coefficient (Wildman–Crippen LogP) is 4.15. The number of piperazine rings is 1. The fourth-order valence-corrected chi connectivity index (χ4v) is 4.63. The molecule has 0 spiro atoms. The van der Waals surface area contributed by atoms with Gasteiger partial charge in [0, 0.05) is 38.1 Å². The van der Waals surface area contributed by atoms with E-state index in [1.165, 1.54) is 17.4 Å². The lowest BCUT2D eigenvalue weighted by atomic mass is 10.0. The first kappa shape index (κ1) is 19.7. The highest BCUT2D eigenvalue weighted by atomic mass is 32.2. The molecule has 1 unspecified atom stereocenters. The molecule has 4 rings (SSSR count). The van der Waals surface area contributed by atoms with E-state index in [0.717, 1.165) is 31.9 Å². The molecular formula is C24H26N2O2S. The number of sulfone groups is 1. The van der Waals surface area contributed by atoms with Gasteiger partial charge in [-0.2, -0.15) is 0 Å². The van der Waals surface area contributed by atoms with E-state index < -0.39 is 9.84 Å². The molecule has 1 saturated heterocycles. The summed E-state index contributed by atoms with van der Waals surface area (Å²) in [6, 6.07) is 28.7. The fourth-order valence-electron chi connectivity index (χ4n) is 3.96. The molecule has 0 bridgehead atoms. The van der Waals surface area contributed by atoms with Crippen LogP contribution in [0.25, 0.3) is 0 Å². The molecule has 3 aromatic rings. The van der Waals surface area contributed by atoms with Crippen molar-refractivity contribution < 1.29 is 8.42 Å². The van der Waals surface area contributed by atoms with Gasteiger partial charge in [0.15, 0.2) is 9.84 Å². The molecule has 150 valence electrons. The summed E-state index contributed by atoms with van der Waals surface area (Å²) in [6.45, 7) is 3.50. The van der Waals surface area contributed by atoms with Gasteiger partial charge in [-0.1, -0.05) is 66.7 Å². The van der Waals surface area contributed by atoms with Crippen LogP contribution in [0.3, 0.4) is 0 Å². The maximum Gasteiger partial charge on any atom is 0.175 e. The quantitative estimate of drug-likeness (QED) is 0.638. The number of rotatable bonds is 5. The number of hydrogen-bond donors (Lipinski definition) is 0. The average molecular weight is 407 g/mol. The SMILES string of the molecule is CS(=O)(=O)c1cccc(N2CCN(Cc3ccccc3)C(c3ccccc3)C2)c1. The third-order valence-electron chi connectivity index (χ3n) is 5.51. The summed E-state index contributed by atoms with van der Waals surface area (Å²) in [7, 11) is -3.22. The van der Waals surface area contributed by atoms with E-state index in [4.69, 9.17) is 0 Å². The minimum atomic E-state index is -3.22. The van der Waals surface area contributed by atoms with Crippen LogP contribution in [-0.2, 0) is 16.4 Å². The van der Waals surface area contributed by atoms with Crippen molar-refractivity contribution in [1.29, 1.82) is 0 Å². The molecule has 1 heterocycles. The summed E-state index contributed by atoms with van der Waals surface area (Å²) in [5.41, 5.74) is 3.56. The van der Waals surface area contributed by atoms with E-state index in [-0.39, 0.29) is 6.04 Å². The van der Waals surface area contributed by atoms with Crippen LogP contribution in [0.15, 0.2) is 89.8 Å². The van der Waals surface area contributed by atoms with E-state index in [0.29, 0.717) is 4.90 Å². The second-order valence-electron chi connectivity index (χ2n) is 7.60. The van der Waals surface area contributed by atoms with Crippen molar-refractivity contribution in [2.75, 3.05) is 30.8 Å². The van der Waals surface area contributed by atoms with Crippen molar-refractivity contribution >= 4 is 15.5 Å². The van der Waals surface area contributed by atoms with Crippen molar-refractivity contribution in [3.63, 3.8) is 0 Å². The summed E-state index contributed by atoms with van der Waals surface area (Å²) in [6.07, 6.45) is 1.26. The minimum Gasteiger partial charge on any atom is -0.368 e. The number of anilines is 1. The Balaban J connectivity index is 1.61. The lowest BCUT2D eigenvalue weighted by Crippen LogP contribution is -2.48. The molecule has 1 atom stereocenters. The Labute approximate surface area is 173 Å². The van der Waals surface area contributed by atoms with Crippen LogP contribution in [0, 0.1) is 0 Å². The van der Waals surface area contributed by atoms with Crippen LogP contribution in [-0.4, -0.2) is 39.2 Å². The van der Waals surface area contributed by atoms with Gasteiger partial charge in [0.2, 0.25) is 0 Å². The first-order chi connectivity index (χ1) is 14.0. The highest BCUT2D eigenvalue weighted by molar-refractivity contribution is 7.90. The zero-order valence-electron chi connectivity index (χ0n) is 16.6. The number of benzene rings is 3. The van der Waals surface area contributed by atoms with E-state index in [1.807, 2.05) is 24.3 Å². The Morgan fingerprint density at radius 1 is 0.862 bits per heavy atom. The molecule has 0 radical (unpaired) electrons. The summed E-state index contributed by atoms with van der Waals surface area (Å²) < 4.78 is 24.0. The van der Waals surface area contributed by atoms with Crippen molar-refractivity contribution in [1.82, 2.24) is 4.90 Å². The summed E-state index contributed by atoms with van der Waals surface area (Å²) in [5, 5.41) is 0. The largest absolute Gasteiger partial charge is 0.368 e. The monoisotopic (exact) mass is 406 g/mol. The third kappa shape index (κ3) is 4.69. The van der Waals surface area contributed by atoms with Crippen LogP contribution in [0.5, 0.6) is 0 Å². The Bertz CT molecular complexity index is 1050. The van der Waals surface area contributed by atoms with Gasteiger partial charge in [-0.3, -0.25) is 4.90 Å². The maximum absolute atomic E-state index is 12.0. The van der Waals surface area contributed by atoms with Gasteiger partial charge in [-0.15, -0.1) is 0 Å². The summed E-state index contributed by atoms with van der Waals surface area (Å²) in [4.78, 5) is 5.19. The molecular weight excluding hydrogens is 380 g/mol. The standard InChI is InChI=1S/C24H26N2O2S/c1-29(27,28)23-14-8-13-22(17-23)25-15-16-26(18-20-9-4-2-5-10-20)24(19-25)21-11-6-3-7-12-21/h2-14,17,24H,15-16,18-19H2,1H3. The summed E-state index contributed by atoms with van der Waals surface area (Å²) >= 11 is 0. The van der Waals surface area contributed by atoms with Gasteiger partial charge in [-0.05, 0) is 29.3 Å². The second kappa shape index (κ2) is 8.39. The van der Waals surface area contributed by atoms with E-state index >= 15 is 0 Å². The van der Waals surface area contributed by atoms with E-state index in [2.05, 4.69) is 58.3 Å². The minimum absolute atomic E-state index is 0.243. The molecule has 5 heteroatoms. The molecule has 1 aliphatic rings. The van der Waals surface area contributed by atoms with Crippen molar-refractivity contribution in [3.05, 3.63) is 96.1 Å². The van der Waals surface area contributed by atoms with Gasteiger partial charge < -0.3 is 4.90 Å². The van der Waals surface area contributed by atoms with Crippen LogP contribution in [0.4, 0.5) is 5.69 Å². The van der Waals surface area contributed by atoms with Crippen LogP contribution < -0.4 is 4.90 Å². The lowest BCUT2D eigenvalue weighted by molar-refractivity contribution is 0.169. The van der Waals surface area contributed by atoms with Crippen LogP contribution in [0.2, 0.25) is 0 Å². The van der Waals surface area contributed by atoms with Crippen molar-refractivity contribution in [3.8, 4) is 0 Å². The topological polar surface area (TPSA) is 40.6 Å². The molecule has 3 aromatic carbocycles. The van der Waals surface area contributed by atoms with Crippen LogP contribution >= 0.6 is 0 Å². The normalized spacial score (nSPS) is 18.0. The zero-order valence-corrected chi connectivity index (χ0v) is 17.4. The maximum atomic E-state index is 12.0. The summed E-state index contributed by atoms with van der Waals surface area (Å²) in [5.74, 6) is 0. The number of nitrogens with zero attached hydrogens (tertiary/aromatic N) is 2. The molecule has 29 heavy (non-hydrogen) atoms. The Hall–Kier alpha value is -2.63. The lowest BCUT2D eigenvalue weighted by Gasteiger charge is -2.43. The van der Waals surface area contributed by atoms with Gasteiger partial charge in [-0.25, -0.2) is 8.42 Å². The molecule has 0 aliphatic carbocycles. The molecule has 0 saturated carbocycles. The van der Waals surface area contributed by atoms with Crippen LogP contribution in [0.1, 0.15) is 17.2 Å². The fraction of sp³-hybridized carbons (Fsp3) is 0.250. The van der Waals surface area contributed by atoms with Crippen molar-refractivity contribution in [2.24, 2.45) is 0 Å². The van der Waals surface area contributed by atoms with Gasteiger partial charge in [0.05, 0.1) is 10.9 Å². The molecule has 1 fully saturated rings. The molecule has 4 nitrogen and oxygen atoms in total. The van der Waals surface area contributed by atoms with E-state index in [9.17, 15) is 8.42 Å². The number of hydrogen-bond acceptors (Lipinski definition) is 4. The molecule has 0 aromatic heterocycles. The Morgan fingerprint density at radius 3 is 2.24 bits per heavy atom. The molecule has 0 N–H and O–H groups in total. The molecule has 0 amide bonds. The van der Waals surface area contributed by atoms with Gasteiger partial charge >= 0.3 is 0 Å². The van der Waals surface area contributed by atoms with Gasteiger partial charge in [0.1, 0.15) is 0 Å². The first-order valence-electron chi connectivity index (χ1n) is 9.89. The highest BCUT2D eigenvalue weighted by Gasteiger charge is 2.28. The second-order valence-corrected chi connectivity index (χ2v) is 9.61. The highest BCUT2D eigenvalue weighted by Crippen LogP contribution is 2.30. The molecule has 1 aliphatic heterocycles. The van der Waals surface area contributed by atoms with Crippen molar-refractivity contribution in [2.45, 2.75) is 17.5 Å². The third-order valence-corrected chi connectivity index (χ3v) is 6.63. The average Bonchev–Trinajstić information content (AvgIpc) is 2.75.